The summed E-state index contributed by atoms with van der Waals surface area (Å²) in [6, 6.07) is 19.7. The minimum atomic E-state index is -0.0210. The van der Waals surface area contributed by atoms with Gasteiger partial charge >= 0.3 is 0 Å². The van der Waals surface area contributed by atoms with E-state index in [2.05, 4.69) is 29.3 Å². The molecule has 1 aliphatic heterocycles. The number of amides is 2. The third kappa shape index (κ3) is 7.49. The van der Waals surface area contributed by atoms with Gasteiger partial charge in [0.1, 0.15) is 0 Å². The van der Waals surface area contributed by atoms with Crippen molar-refractivity contribution in [1.29, 1.82) is 0 Å². The van der Waals surface area contributed by atoms with Gasteiger partial charge in [0.2, 0.25) is 5.91 Å². The minimum absolute atomic E-state index is 0.0195. The molecule has 4 rings (SSSR count). The lowest BCUT2D eigenvalue weighted by atomic mass is 10.1. The van der Waals surface area contributed by atoms with Gasteiger partial charge in [-0.3, -0.25) is 14.5 Å². The van der Waals surface area contributed by atoms with Crippen LogP contribution in [-0.4, -0.2) is 56.1 Å². The van der Waals surface area contributed by atoms with Gasteiger partial charge in [0.25, 0.3) is 5.91 Å². The smallest absolute Gasteiger partial charge is 0.268 e. The topological polar surface area (TPSA) is 61.9 Å². The second-order valence-corrected chi connectivity index (χ2v) is 9.81. The summed E-state index contributed by atoms with van der Waals surface area (Å²) in [4.78, 5) is 30.6. The highest BCUT2D eigenvalue weighted by Gasteiger charge is 2.19. The summed E-state index contributed by atoms with van der Waals surface area (Å²) in [7, 11) is 0. The number of nitrogens with one attached hydrogen (secondary N) is 1. The van der Waals surface area contributed by atoms with Gasteiger partial charge < -0.3 is 15.0 Å². The highest BCUT2D eigenvalue weighted by Crippen LogP contribution is 2.23. The second kappa shape index (κ2) is 12.6. The number of thiophene rings is 1. The van der Waals surface area contributed by atoms with E-state index in [0.29, 0.717) is 24.4 Å². The molecular formula is C28H33N3O3S. The highest BCUT2D eigenvalue weighted by molar-refractivity contribution is 7.12. The number of ether oxygens (including phenoxy) is 1. The Balaban J connectivity index is 1.34. The lowest BCUT2D eigenvalue weighted by Crippen LogP contribution is -2.38. The monoisotopic (exact) mass is 491 g/mol. The molecule has 0 aliphatic carbocycles. The van der Waals surface area contributed by atoms with Crippen molar-refractivity contribution in [2.75, 3.05) is 44.3 Å². The number of benzene rings is 2. The zero-order chi connectivity index (χ0) is 24.5. The summed E-state index contributed by atoms with van der Waals surface area (Å²) in [5.41, 5.74) is 3.99. The number of morpholine rings is 1. The van der Waals surface area contributed by atoms with Crippen LogP contribution in [0.5, 0.6) is 0 Å². The Morgan fingerprint density at radius 2 is 1.83 bits per heavy atom. The fraction of sp³-hybridized carbons (Fsp3) is 0.357. The Morgan fingerprint density at radius 1 is 1.03 bits per heavy atom. The van der Waals surface area contributed by atoms with Crippen LogP contribution < -0.4 is 10.2 Å². The molecule has 0 spiro atoms. The van der Waals surface area contributed by atoms with E-state index in [1.54, 1.807) is 4.90 Å². The van der Waals surface area contributed by atoms with E-state index in [0.717, 1.165) is 61.6 Å². The molecule has 1 saturated heterocycles. The predicted molar refractivity (Wildman–Crippen MR) is 141 cm³/mol. The van der Waals surface area contributed by atoms with Crippen LogP contribution in [0, 0.1) is 6.92 Å². The molecule has 6 nitrogen and oxygen atoms in total. The molecule has 7 heteroatoms. The molecule has 2 heterocycles. The molecule has 0 unspecified atom stereocenters. The Hall–Kier alpha value is -3.00. The third-order valence-electron chi connectivity index (χ3n) is 6.09. The number of anilines is 1. The molecule has 3 aromatic rings. The van der Waals surface area contributed by atoms with Crippen molar-refractivity contribution < 1.29 is 14.3 Å². The number of hydrogen-bond acceptors (Lipinski definition) is 5. The summed E-state index contributed by atoms with van der Waals surface area (Å²) in [6.45, 7) is 7.72. The van der Waals surface area contributed by atoms with Crippen molar-refractivity contribution in [1.82, 2.24) is 10.2 Å². The summed E-state index contributed by atoms with van der Waals surface area (Å²) < 4.78 is 5.37. The van der Waals surface area contributed by atoms with Gasteiger partial charge in [-0.15, -0.1) is 11.3 Å². The van der Waals surface area contributed by atoms with E-state index in [1.807, 2.05) is 53.9 Å². The van der Waals surface area contributed by atoms with Crippen LogP contribution in [0.1, 0.15) is 32.8 Å². The van der Waals surface area contributed by atoms with Crippen LogP contribution in [0.3, 0.4) is 0 Å². The summed E-state index contributed by atoms with van der Waals surface area (Å²) in [5, 5.41) is 4.94. The van der Waals surface area contributed by atoms with Crippen LogP contribution in [0.2, 0.25) is 0 Å². The minimum Gasteiger partial charge on any atom is -0.379 e. The molecule has 1 aliphatic rings. The molecule has 1 aromatic heterocycles. The second-order valence-electron chi connectivity index (χ2n) is 8.86. The van der Waals surface area contributed by atoms with E-state index in [1.165, 1.54) is 11.3 Å². The van der Waals surface area contributed by atoms with E-state index >= 15 is 0 Å². The SMILES string of the molecule is Cc1cccc(CN(C(=O)c2cccs2)c2ccc(CC(=O)NCCCN3CCOCC3)cc2)c1. The van der Waals surface area contributed by atoms with Gasteiger partial charge in [-0.1, -0.05) is 48.0 Å². The van der Waals surface area contributed by atoms with Gasteiger partial charge in [-0.25, -0.2) is 0 Å². The van der Waals surface area contributed by atoms with Crippen molar-refractivity contribution in [3.8, 4) is 0 Å². The average molecular weight is 492 g/mol. The van der Waals surface area contributed by atoms with E-state index in [-0.39, 0.29) is 11.8 Å². The third-order valence-corrected chi connectivity index (χ3v) is 6.95. The largest absolute Gasteiger partial charge is 0.379 e. The number of carbonyl (C=O) groups excluding carboxylic acids is 2. The van der Waals surface area contributed by atoms with Crippen LogP contribution in [-0.2, 0) is 22.5 Å². The molecule has 1 N–H and O–H groups in total. The molecule has 0 radical (unpaired) electrons. The number of aryl methyl sites for hydroxylation is 1. The zero-order valence-corrected chi connectivity index (χ0v) is 21.1. The summed E-state index contributed by atoms with van der Waals surface area (Å²) in [6.07, 6.45) is 1.26. The quantitative estimate of drug-likeness (QED) is 0.430. The number of hydrogen-bond donors (Lipinski definition) is 1. The average Bonchev–Trinajstić information content (AvgIpc) is 3.41. The molecule has 1 fully saturated rings. The first-order valence-electron chi connectivity index (χ1n) is 12.1. The van der Waals surface area contributed by atoms with Crippen LogP contribution in [0.25, 0.3) is 0 Å². The first kappa shape index (κ1) is 25.1. The first-order valence-corrected chi connectivity index (χ1v) is 13.0. The lowest BCUT2D eigenvalue weighted by Gasteiger charge is -2.26. The normalized spacial score (nSPS) is 14.0. The molecular weight excluding hydrogens is 458 g/mol. The Morgan fingerprint density at radius 3 is 2.54 bits per heavy atom. The van der Waals surface area contributed by atoms with Crippen molar-refractivity contribution in [2.24, 2.45) is 0 Å². The maximum Gasteiger partial charge on any atom is 0.268 e. The fourth-order valence-corrected chi connectivity index (χ4v) is 4.88. The van der Waals surface area contributed by atoms with Gasteiger partial charge in [-0.2, -0.15) is 0 Å². The number of rotatable bonds is 10. The van der Waals surface area contributed by atoms with Crippen molar-refractivity contribution in [3.63, 3.8) is 0 Å². The van der Waals surface area contributed by atoms with Gasteiger partial charge in [0.15, 0.2) is 0 Å². The summed E-state index contributed by atoms with van der Waals surface area (Å²) in [5.74, 6) is -0.00160. The van der Waals surface area contributed by atoms with Gasteiger partial charge in [0.05, 0.1) is 31.1 Å². The lowest BCUT2D eigenvalue weighted by molar-refractivity contribution is -0.120. The van der Waals surface area contributed by atoms with E-state index in [4.69, 9.17) is 4.74 Å². The standard InChI is InChI=1S/C28H33N3O3S/c1-22-5-2-6-24(19-22)21-31(28(33)26-7-3-18-35-26)25-10-8-23(9-11-25)20-27(32)29-12-4-13-30-14-16-34-17-15-30/h2-3,5-11,18-19H,4,12-17,20-21H2,1H3,(H,29,32). The fourth-order valence-electron chi connectivity index (χ4n) is 4.20. The van der Waals surface area contributed by atoms with Crippen LogP contribution in [0.4, 0.5) is 5.69 Å². The Labute approximate surface area is 211 Å². The van der Waals surface area contributed by atoms with Crippen molar-refractivity contribution in [2.45, 2.75) is 26.3 Å². The number of carbonyl (C=O) groups is 2. The molecule has 35 heavy (non-hydrogen) atoms. The van der Waals surface area contributed by atoms with E-state index < -0.39 is 0 Å². The predicted octanol–water partition coefficient (Wildman–Crippen LogP) is 4.28. The molecule has 184 valence electrons. The van der Waals surface area contributed by atoms with Crippen molar-refractivity contribution in [3.05, 3.63) is 87.6 Å². The van der Waals surface area contributed by atoms with Gasteiger partial charge in [-0.05, 0) is 54.6 Å². The molecule has 2 amide bonds. The van der Waals surface area contributed by atoms with Crippen LogP contribution in [0.15, 0.2) is 66.0 Å². The molecule has 0 bridgehead atoms. The van der Waals surface area contributed by atoms with Crippen LogP contribution >= 0.6 is 11.3 Å². The van der Waals surface area contributed by atoms with Gasteiger partial charge in [0, 0.05) is 25.3 Å². The zero-order valence-electron chi connectivity index (χ0n) is 20.2. The highest BCUT2D eigenvalue weighted by atomic mass is 32.1. The molecule has 2 aromatic carbocycles. The molecule has 0 saturated carbocycles. The Kier molecular flexibility index (Phi) is 9.06. The number of nitrogens with zero attached hydrogens (tertiary/aromatic N) is 2. The Bertz CT molecular complexity index is 1090. The maximum atomic E-state index is 13.3. The first-order chi connectivity index (χ1) is 17.1. The molecule has 0 atom stereocenters. The summed E-state index contributed by atoms with van der Waals surface area (Å²) >= 11 is 1.44. The van der Waals surface area contributed by atoms with Crippen molar-refractivity contribution >= 4 is 28.8 Å². The maximum absolute atomic E-state index is 13.3. The van der Waals surface area contributed by atoms with E-state index in [9.17, 15) is 9.59 Å².